The van der Waals surface area contributed by atoms with Gasteiger partial charge in [-0.3, -0.25) is 9.69 Å². The zero-order valence-electron chi connectivity index (χ0n) is 27.8. The van der Waals surface area contributed by atoms with Crippen LogP contribution >= 0.6 is 11.6 Å². The molecular weight excluding hydrogens is 705 g/mol. The number of hydrogen-bond donors (Lipinski definition) is 1. The summed E-state index contributed by atoms with van der Waals surface area (Å²) in [7, 11) is 1.17. The first-order chi connectivity index (χ1) is 23.9. The first-order valence-corrected chi connectivity index (χ1v) is 15.8. The normalized spacial score (nSPS) is 16.2. The number of nitrogens with zero attached hydrogens (tertiary/aromatic N) is 8. The van der Waals surface area contributed by atoms with Gasteiger partial charge in [0.1, 0.15) is 35.5 Å². The number of benzene rings is 2. The van der Waals surface area contributed by atoms with Gasteiger partial charge in [0.25, 0.3) is 5.56 Å². The van der Waals surface area contributed by atoms with Crippen LogP contribution in [0.1, 0.15) is 39.6 Å². The minimum Gasteiger partial charge on any atom is -0.494 e. The Morgan fingerprint density at radius 1 is 1.06 bits per heavy atom. The van der Waals surface area contributed by atoms with Gasteiger partial charge in [-0.15, -0.1) is 0 Å². The van der Waals surface area contributed by atoms with E-state index in [0.717, 1.165) is 16.0 Å². The maximum Gasteiger partial charge on any atom is 0.410 e. The van der Waals surface area contributed by atoms with Crippen molar-refractivity contribution in [2.75, 3.05) is 37.5 Å². The lowest BCUT2D eigenvalue weighted by Gasteiger charge is -2.43. The van der Waals surface area contributed by atoms with Gasteiger partial charge in [-0.05, 0) is 52.0 Å². The number of aromatic nitrogens is 6. The van der Waals surface area contributed by atoms with Gasteiger partial charge in [-0.2, -0.15) is 22.7 Å². The number of anilines is 1. The summed E-state index contributed by atoms with van der Waals surface area (Å²) in [6.45, 7) is 4.53. The zero-order valence-corrected chi connectivity index (χ0v) is 28.6. The van der Waals surface area contributed by atoms with Crippen molar-refractivity contribution in [2.24, 2.45) is 0 Å². The van der Waals surface area contributed by atoms with Crippen LogP contribution in [0.3, 0.4) is 0 Å². The lowest BCUT2D eigenvalue weighted by molar-refractivity contribution is -0.182. The number of nitrogen functional groups attached to an aromatic ring is 1. The van der Waals surface area contributed by atoms with Gasteiger partial charge in [0.15, 0.2) is 23.0 Å². The fraction of sp³-hybridized carbons (Fsp3) is 0.375. The van der Waals surface area contributed by atoms with Crippen molar-refractivity contribution >= 4 is 45.4 Å². The van der Waals surface area contributed by atoms with Crippen LogP contribution in [0.4, 0.5) is 32.6 Å². The van der Waals surface area contributed by atoms with Crippen LogP contribution in [0.5, 0.6) is 5.75 Å². The average molecular weight is 736 g/mol. The van der Waals surface area contributed by atoms with E-state index in [1.165, 1.54) is 63.8 Å². The fourth-order valence-electron chi connectivity index (χ4n) is 5.95. The van der Waals surface area contributed by atoms with Crippen molar-refractivity contribution in [1.82, 2.24) is 34.3 Å². The number of alkyl halides is 3. The van der Waals surface area contributed by atoms with E-state index in [9.17, 15) is 27.2 Å². The molecule has 2 N–H and O–H groups in total. The molecule has 2 atom stereocenters. The number of carbonyl (C=O) groups is 1. The van der Waals surface area contributed by atoms with Crippen molar-refractivity contribution in [3.05, 3.63) is 69.5 Å². The van der Waals surface area contributed by atoms with Crippen LogP contribution in [0.25, 0.3) is 33.2 Å². The molecule has 13 nitrogen and oxygen atoms in total. The predicted molar refractivity (Wildman–Crippen MR) is 177 cm³/mol. The Morgan fingerprint density at radius 3 is 2.45 bits per heavy atom. The van der Waals surface area contributed by atoms with Gasteiger partial charge in [-0.1, -0.05) is 17.7 Å². The monoisotopic (exact) mass is 735 g/mol. The molecule has 6 rings (SSSR count). The number of carbonyl (C=O) groups excluding carboxylic acids is 1. The third kappa shape index (κ3) is 6.32. The summed E-state index contributed by atoms with van der Waals surface area (Å²) in [5.74, 6) is -3.19. The van der Waals surface area contributed by atoms with Crippen LogP contribution in [0.15, 0.2) is 41.5 Å². The summed E-state index contributed by atoms with van der Waals surface area (Å²) in [5, 5.41) is 5.62. The van der Waals surface area contributed by atoms with Crippen molar-refractivity contribution in [3.8, 4) is 17.0 Å². The lowest BCUT2D eigenvalue weighted by atomic mass is 10.1. The first kappa shape index (κ1) is 35.6. The SMILES string of the molecule is COc1ccc(-c2nn(C(C)c3nc4cccc(Cl)c4c(=O)n3N3CCN(C(=O)OC(C)(C)C)C(C(F)(F)F)C3)c3ncnc(N)c23)c(F)c1F. The van der Waals surface area contributed by atoms with Crippen molar-refractivity contribution < 1.29 is 36.2 Å². The average Bonchev–Trinajstić information content (AvgIpc) is 3.44. The molecule has 2 aromatic carbocycles. The molecule has 2 unspecified atom stereocenters. The minimum absolute atomic E-state index is 0.00191. The zero-order chi connectivity index (χ0) is 37.2. The second-order valence-electron chi connectivity index (χ2n) is 12.7. The van der Waals surface area contributed by atoms with Crippen LogP contribution in [-0.2, 0) is 4.74 Å². The minimum atomic E-state index is -4.92. The second-order valence-corrected chi connectivity index (χ2v) is 13.1. The number of fused-ring (bicyclic) bond motifs is 2. The standard InChI is InChI=1S/C32H31ClF5N9O4/c1-15(46-28-22(26(39)40-14-41-28)25(43-46)16-9-10-19(50-5)24(35)23(16)34)27-42-18-8-6-7-17(33)21(18)29(48)47(27)44-11-12-45(20(13-44)32(36,37)38)30(49)51-31(2,3)4/h6-10,14-15,20H,11-13H2,1-5H3,(H2,39,40,41). The van der Waals surface area contributed by atoms with E-state index in [1.807, 2.05) is 0 Å². The number of rotatable bonds is 5. The largest absolute Gasteiger partial charge is 0.494 e. The molecule has 1 saturated heterocycles. The summed E-state index contributed by atoms with van der Waals surface area (Å²) >= 11 is 6.42. The van der Waals surface area contributed by atoms with E-state index in [0.29, 0.717) is 4.90 Å². The Kier molecular flexibility index (Phi) is 8.93. The highest BCUT2D eigenvalue weighted by molar-refractivity contribution is 6.35. The van der Waals surface area contributed by atoms with E-state index in [1.54, 1.807) is 6.07 Å². The van der Waals surface area contributed by atoms with Crippen LogP contribution in [-0.4, -0.2) is 85.0 Å². The smallest absolute Gasteiger partial charge is 0.410 e. The Morgan fingerprint density at radius 2 is 1.78 bits per heavy atom. The summed E-state index contributed by atoms with van der Waals surface area (Å²) in [5.41, 5.74) is 4.01. The van der Waals surface area contributed by atoms with Crippen molar-refractivity contribution in [2.45, 2.75) is 51.6 Å². The molecule has 0 spiro atoms. The summed E-state index contributed by atoms with van der Waals surface area (Å²) in [6, 6.07) is 3.42. The molecule has 1 amide bonds. The lowest BCUT2D eigenvalue weighted by Crippen LogP contribution is -2.65. The highest BCUT2D eigenvalue weighted by Crippen LogP contribution is 2.37. The Hall–Kier alpha value is -5.26. The molecule has 3 aromatic heterocycles. The van der Waals surface area contributed by atoms with Gasteiger partial charge in [-0.25, -0.2) is 33.5 Å². The number of hydrogen-bond acceptors (Lipinski definition) is 10. The molecule has 1 aliphatic heterocycles. The van der Waals surface area contributed by atoms with Gasteiger partial charge in [0.05, 0.1) is 41.5 Å². The van der Waals surface area contributed by atoms with E-state index in [-0.39, 0.29) is 62.2 Å². The second kappa shape index (κ2) is 12.8. The Balaban J connectivity index is 1.54. The van der Waals surface area contributed by atoms with E-state index < -0.39 is 60.2 Å². The number of methoxy groups -OCH3 is 1. The van der Waals surface area contributed by atoms with Crippen molar-refractivity contribution in [3.63, 3.8) is 0 Å². The molecule has 51 heavy (non-hydrogen) atoms. The van der Waals surface area contributed by atoms with E-state index in [4.69, 9.17) is 26.8 Å². The molecule has 5 aromatic rings. The Labute approximate surface area is 291 Å². The maximum atomic E-state index is 15.4. The number of piperazine rings is 1. The molecular formula is C32H31ClF5N9O4. The first-order valence-electron chi connectivity index (χ1n) is 15.5. The summed E-state index contributed by atoms with van der Waals surface area (Å²) in [6.07, 6.45) is -4.98. The Bertz CT molecular complexity index is 2240. The number of nitrogens with two attached hydrogens (primary N) is 1. The highest BCUT2D eigenvalue weighted by Gasteiger charge is 2.50. The number of ether oxygens (including phenoxy) is 2. The van der Waals surface area contributed by atoms with Crippen molar-refractivity contribution in [1.29, 1.82) is 0 Å². The third-order valence-corrected chi connectivity index (χ3v) is 8.59. The van der Waals surface area contributed by atoms with Gasteiger partial charge < -0.3 is 20.2 Å². The fourth-order valence-corrected chi connectivity index (χ4v) is 6.20. The van der Waals surface area contributed by atoms with Gasteiger partial charge in [0.2, 0.25) is 5.82 Å². The highest BCUT2D eigenvalue weighted by atomic mass is 35.5. The number of halogens is 6. The molecule has 0 bridgehead atoms. The van der Waals surface area contributed by atoms with E-state index in [2.05, 4.69) is 20.1 Å². The topological polar surface area (TPSA) is 147 Å². The molecule has 270 valence electrons. The molecule has 1 fully saturated rings. The quantitative estimate of drug-likeness (QED) is 0.231. The summed E-state index contributed by atoms with van der Waals surface area (Å²) < 4.78 is 86.4. The predicted octanol–water partition coefficient (Wildman–Crippen LogP) is 5.45. The number of amides is 1. The molecule has 0 radical (unpaired) electrons. The molecule has 0 aliphatic carbocycles. The molecule has 0 saturated carbocycles. The summed E-state index contributed by atoms with van der Waals surface area (Å²) in [4.78, 5) is 40.7. The van der Waals surface area contributed by atoms with Crippen LogP contribution < -0.4 is 21.0 Å². The third-order valence-electron chi connectivity index (χ3n) is 8.28. The van der Waals surface area contributed by atoms with Crippen LogP contribution in [0.2, 0.25) is 5.02 Å². The molecule has 19 heteroatoms. The maximum absolute atomic E-state index is 15.4. The van der Waals surface area contributed by atoms with E-state index >= 15 is 4.39 Å². The van der Waals surface area contributed by atoms with Crippen LogP contribution in [0, 0.1) is 11.6 Å². The van der Waals surface area contributed by atoms with Gasteiger partial charge >= 0.3 is 12.3 Å². The molecule has 1 aliphatic rings. The van der Waals surface area contributed by atoms with Gasteiger partial charge in [0, 0.05) is 12.1 Å². The molecule has 4 heterocycles.